The Morgan fingerprint density at radius 2 is 2.04 bits per heavy atom. The van der Waals surface area contributed by atoms with Gasteiger partial charge in [0, 0.05) is 23.1 Å². The van der Waals surface area contributed by atoms with Crippen molar-refractivity contribution >= 4 is 32.7 Å². The molecule has 2 aromatic heterocycles. The fourth-order valence-electron chi connectivity index (χ4n) is 3.19. The Morgan fingerprint density at radius 3 is 2.67 bits per heavy atom. The zero-order valence-electron chi connectivity index (χ0n) is 14.1. The third kappa shape index (κ3) is 3.09. The lowest BCUT2D eigenvalue weighted by Crippen LogP contribution is -2.26. The summed E-state index contributed by atoms with van der Waals surface area (Å²) in [7, 11) is 1.61. The highest BCUT2D eigenvalue weighted by Crippen LogP contribution is 2.45. The second kappa shape index (κ2) is 6.33. The average molecular weight is 439 g/mol. The van der Waals surface area contributed by atoms with Gasteiger partial charge in [-0.1, -0.05) is 15.9 Å². The van der Waals surface area contributed by atoms with E-state index >= 15 is 0 Å². The molecule has 3 aromatic rings. The quantitative estimate of drug-likeness (QED) is 0.654. The van der Waals surface area contributed by atoms with Crippen LogP contribution in [0.4, 0.5) is 19.0 Å². The van der Waals surface area contributed by atoms with Crippen LogP contribution in [0, 0.1) is 0 Å². The number of pyridine rings is 1. The molecule has 1 saturated carbocycles. The molecule has 0 spiro atoms. The van der Waals surface area contributed by atoms with Crippen molar-refractivity contribution in [2.75, 3.05) is 12.4 Å². The summed E-state index contributed by atoms with van der Waals surface area (Å²) in [4.78, 5) is 20.1. The number of aromatic nitrogens is 3. The minimum atomic E-state index is -4.70. The smallest absolute Gasteiger partial charge is 0.372 e. The van der Waals surface area contributed by atoms with Crippen molar-refractivity contribution in [2.24, 2.45) is 0 Å². The van der Waals surface area contributed by atoms with Crippen molar-refractivity contribution in [1.82, 2.24) is 14.5 Å². The van der Waals surface area contributed by atoms with E-state index < -0.39 is 17.6 Å². The van der Waals surface area contributed by atoms with Crippen LogP contribution in [-0.4, -0.2) is 21.6 Å². The Labute approximate surface area is 160 Å². The maximum Gasteiger partial charge on any atom is 0.435 e. The number of halogens is 4. The van der Waals surface area contributed by atoms with E-state index in [0.717, 1.165) is 33.6 Å². The normalized spacial score (nSPS) is 14.6. The lowest BCUT2D eigenvalue weighted by atomic mass is 10.1. The average Bonchev–Trinajstić information content (AvgIpc) is 3.45. The van der Waals surface area contributed by atoms with Crippen LogP contribution in [0.5, 0.6) is 0 Å². The third-order valence-electron chi connectivity index (χ3n) is 4.56. The summed E-state index contributed by atoms with van der Waals surface area (Å²) < 4.78 is 42.3. The van der Waals surface area contributed by atoms with Crippen LogP contribution in [0.1, 0.15) is 30.0 Å². The molecule has 27 heavy (non-hydrogen) atoms. The molecule has 140 valence electrons. The van der Waals surface area contributed by atoms with Crippen molar-refractivity contribution < 1.29 is 13.2 Å². The minimum Gasteiger partial charge on any atom is -0.372 e. The largest absolute Gasteiger partial charge is 0.435 e. The van der Waals surface area contributed by atoms with Gasteiger partial charge in [-0.3, -0.25) is 4.57 Å². The first-order chi connectivity index (χ1) is 12.8. The summed E-state index contributed by atoms with van der Waals surface area (Å²) in [5, 5.41) is 3.39. The monoisotopic (exact) mass is 438 g/mol. The Hall–Kier alpha value is -2.42. The Kier molecular flexibility index (Phi) is 4.21. The van der Waals surface area contributed by atoms with Gasteiger partial charge in [0.05, 0.1) is 11.2 Å². The summed E-state index contributed by atoms with van der Waals surface area (Å²) in [6, 6.07) is 6.17. The van der Waals surface area contributed by atoms with Gasteiger partial charge in [-0.15, -0.1) is 0 Å². The molecule has 1 fully saturated rings. The number of rotatable bonds is 3. The summed E-state index contributed by atoms with van der Waals surface area (Å²) in [5.74, 6) is 0.654. The van der Waals surface area contributed by atoms with Gasteiger partial charge >= 0.3 is 11.9 Å². The fraction of sp³-hybridized carbons (Fsp3) is 0.278. The molecule has 5 nitrogen and oxygen atoms in total. The lowest BCUT2D eigenvalue weighted by Gasteiger charge is -2.17. The van der Waals surface area contributed by atoms with E-state index in [1.54, 1.807) is 19.2 Å². The van der Waals surface area contributed by atoms with E-state index in [0.29, 0.717) is 22.6 Å². The van der Waals surface area contributed by atoms with Crippen molar-refractivity contribution in [3.8, 4) is 5.69 Å². The number of benzene rings is 1. The maximum atomic E-state index is 13.5. The Morgan fingerprint density at radius 1 is 1.30 bits per heavy atom. The van der Waals surface area contributed by atoms with Gasteiger partial charge in [0.25, 0.3) is 0 Å². The summed E-state index contributed by atoms with van der Waals surface area (Å²) in [5.41, 5.74) is -0.916. The van der Waals surface area contributed by atoms with E-state index in [-0.39, 0.29) is 5.69 Å². The molecule has 0 atom stereocenters. The molecule has 0 unspecified atom stereocenters. The predicted octanol–water partition coefficient (Wildman–Crippen LogP) is 4.48. The van der Waals surface area contributed by atoms with E-state index in [1.807, 2.05) is 0 Å². The highest BCUT2D eigenvalue weighted by Gasteiger charge is 2.36. The first kappa shape index (κ1) is 18.0. The van der Waals surface area contributed by atoms with Crippen LogP contribution in [0.15, 0.2) is 39.7 Å². The molecule has 0 aliphatic heterocycles. The molecule has 1 aliphatic rings. The highest BCUT2D eigenvalue weighted by atomic mass is 79.9. The molecular weight excluding hydrogens is 425 g/mol. The zero-order chi connectivity index (χ0) is 19.3. The summed E-state index contributed by atoms with van der Waals surface area (Å²) in [6.07, 6.45) is -1.61. The highest BCUT2D eigenvalue weighted by molar-refractivity contribution is 9.10. The van der Waals surface area contributed by atoms with Crippen molar-refractivity contribution in [2.45, 2.75) is 24.9 Å². The molecule has 9 heteroatoms. The van der Waals surface area contributed by atoms with Crippen molar-refractivity contribution in [1.29, 1.82) is 0 Å². The Bertz CT molecular complexity index is 1110. The molecule has 0 radical (unpaired) electrons. The van der Waals surface area contributed by atoms with Gasteiger partial charge in [0.2, 0.25) is 0 Å². The van der Waals surface area contributed by atoms with Gasteiger partial charge in [-0.05, 0) is 48.6 Å². The predicted molar refractivity (Wildman–Crippen MR) is 99.4 cm³/mol. The molecule has 0 saturated heterocycles. The summed E-state index contributed by atoms with van der Waals surface area (Å²) in [6.45, 7) is 0. The van der Waals surface area contributed by atoms with Gasteiger partial charge in [-0.25, -0.2) is 9.78 Å². The van der Waals surface area contributed by atoms with Gasteiger partial charge in [0.15, 0.2) is 5.69 Å². The van der Waals surface area contributed by atoms with Crippen LogP contribution in [0.3, 0.4) is 0 Å². The number of alkyl halides is 3. The SMILES string of the molecule is CNc1nc(=O)n(-c2cccnc2C(F)(F)F)c2cc(C3CC3)c(Br)cc12. The first-order valence-electron chi connectivity index (χ1n) is 8.28. The second-order valence-corrected chi connectivity index (χ2v) is 7.22. The van der Waals surface area contributed by atoms with Crippen molar-refractivity contribution in [3.05, 3.63) is 56.7 Å². The second-order valence-electron chi connectivity index (χ2n) is 6.36. The number of anilines is 1. The van der Waals surface area contributed by atoms with Crippen molar-refractivity contribution in [3.63, 3.8) is 0 Å². The number of hydrogen-bond donors (Lipinski definition) is 1. The standard InChI is InChI=1S/C18H14BrF3N4O/c1-23-16-11-7-12(19)10(9-4-5-9)8-14(11)26(17(27)25-16)13-3-2-6-24-15(13)18(20,21)22/h2-3,6-9H,4-5H2,1H3,(H,23,25,27). The topological polar surface area (TPSA) is 59.8 Å². The van der Waals surface area contributed by atoms with Crippen LogP contribution >= 0.6 is 15.9 Å². The number of nitrogens with one attached hydrogen (secondary N) is 1. The molecular formula is C18H14BrF3N4O. The van der Waals surface area contributed by atoms with Crippen LogP contribution < -0.4 is 11.0 Å². The molecule has 2 heterocycles. The number of hydrogen-bond acceptors (Lipinski definition) is 4. The van der Waals surface area contributed by atoms with E-state index in [2.05, 4.69) is 31.2 Å². The number of fused-ring (bicyclic) bond motifs is 1. The van der Waals surface area contributed by atoms with Crippen LogP contribution in [0.2, 0.25) is 0 Å². The molecule has 0 amide bonds. The van der Waals surface area contributed by atoms with Gasteiger partial charge in [0.1, 0.15) is 5.82 Å². The molecule has 1 aromatic carbocycles. The Balaban J connectivity index is 2.12. The van der Waals surface area contributed by atoms with E-state index in [1.165, 1.54) is 12.1 Å². The first-order valence-corrected chi connectivity index (χ1v) is 9.07. The zero-order valence-corrected chi connectivity index (χ0v) is 15.7. The van der Waals surface area contributed by atoms with Crippen LogP contribution in [-0.2, 0) is 6.18 Å². The van der Waals surface area contributed by atoms with Gasteiger partial charge < -0.3 is 5.32 Å². The summed E-state index contributed by atoms with van der Waals surface area (Å²) >= 11 is 3.53. The molecule has 4 rings (SSSR count). The third-order valence-corrected chi connectivity index (χ3v) is 5.25. The van der Waals surface area contributed by atoms with E-state index in [9.17, 15) is 18.0 Å². The molecule has 0 bridgehead atoms. The minimum absolute atomic E-state index is 0.312. The van der Waals surface area contributed by atoms with Crippen LogP contribution in [0.25, 0.3) is 16.6 Å². The molecule has 1 aliphatic carbocycles. The molecule has 1 N–H and O–H groups in total. The maximum absolute atomic E-state index is 13.5. The lowest BCUT2D eigenvalue weighted by molar-refractivity contribution is -0.141. The number of nitrogens with zero attached hydrogens (tertiary/aromatic N) is 3. The fourth-order valence-corrected chi connectivity index (χ4v) is 3.85. The van der Waals surface area contributed by atoms with Gasteiger partial charge in [-0.2, -0.15) is 18.2 Å². The van der Waals surface area contributed by atoms with E-state index in [4.69, 9.17) is 0 Å².